The van der Waals surface area contributed by atoms with Gasteiger partial charge in [-0.15, -0.1) is 0 Å². The topological polar surface area (TPSA) is 36.7 Å². The van der Waals surface area contributed by atoms with Crippen LogP contribution in [-0.2, 0) is 24.3 Å². The Morgan fingerprint density at radius 3 is 2.27 bits per heavy atom. The first kappa shape index (κ1) is 24.6. The van der Waals surface area contributed by atoms with Crippen molar-refractivity contribution in [2.75, 3.05) is 13.1 Å². The fourth-order valence-corrected chi connectivity index (χ4v) is 3.80. The fraction of sp³-hybridized carbons (Fsp3) is 0.370. The zero-order chi connectivity index (χ0) is 23.8. The monoisotopic (exact) mass is 454 g/mol. The Morgan fingerprint density at radius 1 is 0.970 bits per heavy atom. The maximum absolute atomic E-state index is 13.7. The average Bonchev–Trinajstić information content (AvgIpc) is 3.20. The number of hydrogen-bond acceptors (Lipinski definition) is 3. The summed E-state index contributed by atoms with van der Waals surface area (Å²) in [5, 5.41) is 0. The highest BCUT2D eigenvalue weighted by atomic mass is 19.1. The summed E-state index contributed by atoms with van der Waals surface area (Å²) in [6, 6.07) is 17.4. The van der Waals surface area contributed by atoms with Crippen LogP contribution < -0.4 is 0 Å². The number of furan rings is 1. The molecule has 1 heterocycles. The summed E-state index contributed by atoms with van der Waals surface area (Å²) in [5.74, 6) is 0.263. The minimum atomic E-state index is -0.613. The Morgan fingerprint density at radius 2 is 1.67 bits per heavy atom. The molecule has 33 heavy (non-hydrogen) atoms. The molecule has 2 aromatic carbocycles. The van der Waals surface area contributed by atoms with E-state index in [1.807, 2.05) is 68.1 Å². The van der Waals surface area contributed by atoms with E-state index in [4.69, 9.17) is 4.42 Å². The molecule has 1 atom stereocenters. The van der Waals surface area contributed by atoms with E-state index < -0.39 is 11.6 Å². The summed E-state index contributed by atoms with van der Waals surface area (Å²) < 4.78 is 33.1. The van der Waals surface area contributed by atoms with Crippen molar-refractivity contribution in [3.8, 4) is 0 Å². The lowest BCUT2D eigenvalue weighted by Gasteiger charge is -2.31. The van der Waals surface area contributed by atoms with E-state index >= 15 is 0 Å². The van der Waals surface area contributed by atoms with E-state index in [9.17, 15) is 13.6 Å². The summed E-state index contributed by atoms with van der Waals surface area (Å²) >= 11 is 0. The number of carbonyl (C=O) groups is 1. The summed E-state index contributed by atoms with van der Waals surface area (Å²) in [4.78, 5) is 17.2. The second-order valence-corrected chi connectivity index (χ2v) is 8.50. The molecular formula is C27H32F2N2O2. The smallest absolute Gasteiger partial charge is 0.237 e. The van der Waals surface area contributed by atoms with Gasteiger partial charge in [-0.2, -0.15) is 0 Å². The Bertz CT molecular complexity index is 1020. The first-order valence-corrected chi connectivity index (χ1v) is 11.4. The molecule has 3 aromatic rings. The number of hydrogen-bond donors (Lipinski definition) is 0. The van der Waals surface area contributed by atoms with Crippen LogP contribution in [0.1, 0.15) is 42.9 Å². The molecule has 0 radical (unpaired) electrons. The second-order valence-electron chi connectivity index (χ2n) is 8.50. The van der Waals surface area contributed by atoms with Gasteiger partial charge >= 0.3 is 0 Å². The zero-order valence-corrected chi connectivity index (χ0v) is 19.6. The molecule has 1 aromatic heterocycles. The first-order valence-electron chi connectivity index (χ1n) is 11.4. The molecule has 1 amide bonds. The van der Waals surface area contributed by atoms with Crippen molar-refractivity contribution in [1.29, 1.82) is 0 Å². The minimum absolute atomic E-state index is 0.0443. The van der Waals surface area contributed by atoms with Gasteiger partial charge in [-0.05, 0) is 62.1 Å². The molecule has 0 unspecified atom stereocenters. The number of benzene rings is 2. The first-order chi connectivity index (χ1) is 15.8. The highest BCUT2D eigenvalue weighted by molar-refractivity contribution is 5.78. The van der Waals surface area contributed by atoms with Gasteiger partial charge in [0.1, 0.15) is 23.2 Å². The molecule has 0 saturated carbocycles. The van der Waals surface area contributed by atoms with E-state index in [2.05, 4.69) is 0 Å². The van der Waals surface area contributed by atoms with Crippen molar-refractivity contribution in [1.82, 2.24) is 9.80 Å². The lowest BCUT2D eigenvalue weighted by Crippen LogP contribution is -2.43. The lowest BCUT2D eigenvalue weighted by molar-refractivity contribution is -0.134. The van der Waals surface area contributed by atoms with Gasteiger partial charge in [0.05, 0.1) is 13.1 Å². The van der Waals surface area contributed by atoms with Crippen molar-refractivity contribution < 1.29 is 18.0 Å². The molecule has 0 N–H and O–H groups in total. The lowest BCUT2D eigenvalue weighted by atomic mass is 10.1. The number of nitrogens with zero attached hydrogens (tertiary/aromatic N) is 2. The van der Waals surface area contributed by atoms with Crippen LogP contribution in [0.25, 0.3) is 0 Å². The van der Waals surface area contributed by atoms with Crippen LogP contribution in [0.2, 0.25) is 0 Å². The molecule has 0 spiro atoms. The summed E-state index contributed by atoms with van der Waals surface area (Å²) in [7, 11) is 0. The standard InChI is InChI=1S/C27H32F2N2O2/c1-4-20(2)31(17-23-14-24(28)16-25(29)15-23)19-27(32)30(18-26-11-10-21(3)33-26)13-12-22-8-6-5-7-9-22/h5-11,14-16,20H,4,12-13,17-19H2,1-3H3/t20-/m0/s1. The SMILES string of the molecule is CC[C@H](C)N(CC(=O)N(CCc1ccccc1)Cc1ccc(C)o1)Cc1cc(F)cc(F)c1. The van der Waals surface area contributed by atoms with Crippen LogP contribution in [0.15, 0.2) is 65.1 Å². The van der Waals surface area contributed by atoms with Crippen LogP contribution >= 0.6 is 0 Å². The molecule has 0 aliphatic carbocycles. The predicted molar refractivity (Wildman–Crippen MR) is 126 cm³/mol. The maximum Gasteiger partial charge on any atom is 0.237 e. The number of carbonyl (C=O) groups excluding carboxylic acids is 1. The molecule has 0 bridgehead atoms. The molecule has 6 heteroatoms. The van der Waals surface area contributed by atoms with Crippen molar-refractivity contribution in [2.45, 2.75) is 52.7 Å². The van der Waals surface area contributed by atoms with Gasteiger partial charge < -0.3 is 9.32 Å². The number of amides is 1. The van der Waals surface area contributed by atoms with Crippen LogP contribution in [0, 0.1) is 18.6 Å². The van der Waals surface area contributed by atoms with Crippen molar-refractivity contribution >= 4 is 5.91 Å². The minimum Gasteiger partial charge on any atom is -0.464 e. The number of aryl methyl sites for hydroxylation is 1. The summed E-state index contributed by atoms with van der Waals surface area (Å²) in [6.07, 6.45) is 1.54. The Kier molecular flexibility index (Phi) is 8.78. The Labute approximate surface area is 194 Å². The number of rotatable bonds is 11. The highest BCUT2D eigenvalue weighted by Crippen LogP contribution is 2.16. The van der Waals surface area contributed by atoms with Crippen LogP contribution in [-0.4, -0.2) is 34.8 Å². The van der Waals surface area contributed by atoms with Gasteiger partial charge in [-0.1, -0.05) is 37.3 Å². The molecule has 0 aliphatic heterocycles. The van der Waals surface area contributed by atoms with Gasteiger partial charge in [0.25, 0.3) is 0 Å². The molecule has 3 rings (SSSR count). The zero-order valence-electron chi connectivity index (χ0n) is 19.6. The van der Waals surface area contributed by atoms with Crippen LogP contribution in [0.5, 0.6) is 0 Å². The molecule has 176 valence electrons. The van der Waals surface area contributed by atoms with Crippen molar-refractivity contribution in [3.05, 3.63) is 94.9 Å². The third-order valence-corrected chi connectivity index (χ3v) is 5.87. The van der Waals surface area contributed by atoms with Crippen molar-refractivity contribution in [3.63, 3.8) is 0 Å². The van der Waals surface area contributed by atoms with E-state index in [0.29, 0.717) is 25.2 Å². The van der Waals surface area contributed by atoms with Gasteiger partial charge in [-0.25, -0.2) is 8.78 Å². The molecular weight excluding hydrogens is 422 g/mol. The Balaban J connectivity index is 1.75. The molecule has 0 aliphatic rings. The third kappa shape index (κ3) is 7.53. The van der Waals surface area contributed by atoms with Crippen molar-refractivity contribution in [2.24, 2.45) is 0 Å². The largest absolute Gasteiger partial charge is 0.464 e. The summed E-state index contributed by atoms with van der Waals surface area (Å²) in [5.41, 5.74) is 1.66. The van der Waals surface area contributed by atoms with E-state index in [-0.39, 0.29) is 18.5 Å². The van der Waals surface area contributed by atoms with Crippen LogP contribution in [0.3, 0.4) is 0 Å². The predicted octanol–water partition coefficient (Wildman–Crippen LogP) is 5.74. The van der Waals surface area contributed by atoms with E-state index in [1.165, 1.54) is 12.1 Å². The second kappa shape index (κ2) is 11.8. The average molecular weight is 455 g/mol. The van der Waals surface area contributed by atoms with E-state index in [0.717, 1.165) is 36.0 Å². The molecule has 4 nitrogen and oxygen atoms in total. The van der Waals surface area contributed by atoms with Gasteiger partial charge in [-0.3, -0.25) is 9.69 Å². The summed E-state index contributed by atoms with van der Waals surface area (Å²) in [6.45, 7) is 7.31. The maximum atomic E-state index is 13.7. The van der Waals surface area contributed by atoms with Gasteiger partial charge in [0.2, 0.25) is 5.91 Å². The number of halogens is 2. The van der Waals surface area contributed by atoms with Gasteiger partial charge in [0.15, 0.2) is 0 Å². The molecule has 0 fully saturated rings. The van der Waals surface area contributed by atoms with E-state index in [1.54, 1.807) is 4.90 Å². The quantitative estimate of drug-likeness (QED) is 0.371. The van der Waals surface area contributed by atoms with Crippen LogP contribution in [0.4, 0.5) is 8.78 Å². The highest BCUT2D eigenvalue weighted by Gasteiger charge is 2.22. The Hall–Kier alpha value is -2.99. The van der Waals surface area contributed by atoms with Gasteiger partial charge in [0, 0.05) is 25.2 Å². The third-order valence-electron chi connectivity index (χ3n) is 5.87. The fourth-order valence-electron chi connectivity index (χ4n) is 3.80. The molecule has 0 saturated heterocycles. The normalized spacial score (nSPS) is 12.2.